The van der Waals surface area contributed by atoms with Crippen molar-refractivity contribution in [2.24, 2.45) is 5.73 Å². The summed E-state index contributed by atoms with van der Waals surface area (Å²) in [6.07, 6.45) is 0.501. The summed E-state index contributed by atoms with van der Waals surface area (Å²) in [4.78, 5) is 0. The summed E-state index contributed by atoms with van der Waals surface area (Å²) in [7, 11) is 3.48. The van der Waals surface area contributed by atoms with Gasteiger partial charge in [-0.3, -0.25) is 0 Å². The fraction of sp³-hybridized carbons (Fsp3) is 0.538. The molecule has 43 heavy (non-hydrogen) atoms. The second-order valence-electron chi connectivity index (χ2n) is 16.3. The molecule has 0 saturated carbocycles. The molecule has 0 fully saturated rings. The summed E-state index contributed by atoms with van der Waals surface area (Å²) >= 11 is 0. The highest BCUT2D eigenvalue weighted by Gasteiger charge is 2.43. The van der Waals surface area contributed by atoms with Crippen LogP contribution in [0.25, 0.3) is 0 Å². The molecule has 4 heteroatoms. The van der Waals surface area contributed by atoms with E-state index in [-0.39, 0.29) is 21.7 Å². The van der Waals surface area contributed by atoms with Gasteiger partial charge in [-0.25, -0.2) is 0 Å². The Morgan fingerprint density at radius 1 is 0.581 bits per heavy atom. The minimum Gasteiger partial charge on any atom is -0.496 e. The molecule has 0 aromatic heterocycles. The van der Waals surface area contributed by atoms with Gasteiger partial charge in [-0.15, -0.1) is 0 Å². The molecule has 0 amide bonds. The molecule has 3 N–H and O–H groups in total. The first-order valence-electron chi connectivity index (χ1n) is 15.6. The van der Waals surface area contributed by atoms with E-state index in [0.717, 1.165) is 50.4 Å². The van der Waals surface area contributed by atoms with Crippen molar-refractivity contribution in [3.05, 3.63) is 93.5 Å². The van der Waals surface area contributed by atoms with Gasteiger partial charge in [-0.2, -0.15) is 0 Å². The number of ether oxygens (including phenoxy) is 2. The van der Waals surface area contributed by atoms with Gasteiger partial charge in [0.25, 0.3) is 0 Å². The van der Waals surface area contributed by atoms with Gasteiger partial charge >= 0.3 is 0 Å². The molecule has 0 aliphatic heterocycles. The normalized spacial score (nSPS) is 14.0. The minimum atomic E-state index is -1.52. The minimum absolute atomic E-state index is 0.237. The SMILES string of the molecule is COc1c(C(C)(C)C)cc(C(O)(c2cc(C(C)(C)C)c(OC)c(C(C)(C)C)c2)C(N)Cc2ccccc2)cc1C(C)(C)C. The Morgan fingerprint density at radius 3 is 1.14 bits per heavy atom. The van der Waals surface area contributed by atoms with Gasteiger partial charge in [0.1, 0.15) is 17.1 Å². The lowest BCUT2D eigenvalue weighted by Gasteiger charge is -2.40. The first-order chi connectivity index (χ1) is 19.6. The van der Waals surface area contributed by atoms with Crippen LogP contribution in [0.4, 0.5) is 0 Å². The van der Waals surface area contributed by atoms with Gasteiger partial charge in [0.15, 0.2) is 0 Å². The lowest BCUT2D eigenvalue weighted by Crippen LogP contribution is -2.48. The van der Waals surface area contributed by atoms with Crippen LogP contribution in [0.15, 0.2) is 54.6 Å². The number of hydrogen-bond acceptors (Lipinski definition) is 4. The highest BCUT2D eigenvalue weighted by molar-refractivity contribution is 5.58. The third-order valence-electron chi connectivity index (χ3n) is 8.53. The smallest absolute Gasteiger partial charge is 0.130 e. The van der Waals surface area contributed by atoms with Crippen LogP contribution in [-0.4, -0.2) is 25.4 Å². The van der Waals surface area contributed by atoms with Crippen LogP contribution in [-0.2, 0) is 33.7 Å². The van der Waals surface area contributed by atoms with E-state index in [4.69, 9.17) is 15.2 Å². The average molecular weight is 588 g/mol. The highest BCUT2D eigenvalue weighted by atomic mass is 16.5. The molecule has 236 valence electrons. The molecule has 3 aromatic rings. The second kappa shape index (κ2) is 11.9. The maximum atomic E-state index is 13.4. The van der Waals surface area contributed by atoms with Gasteiger partial charge in [0, 0.05) is 28.3 Å². The Kier molecular flexibility index (Phi) is 9.62. The van der Waals surface area contributed by atoms with Crippen LogP contribution in [0.5, 0.6) is 11.5 Å². The van der Waals surface area contributed by atoms with E-state index in [0.29, 0.717) is 6.42 Å². The molecule has 3 rings (SSSR count). The van der Waals surface area contributed by atoms with Gasteiger partial charge in [-0.1, -0.05) is 113 Å². The van der Waals surface area contributed by atoms with Gasteiger partial charge in [-0.05, 0) is 69.0 Å². The van der Waals surface area contributed by atoms with E-state index in [1.807, 2.05) is 18.2 Å². The molecule has 0 aliphatic carbocycles. The van der Waals surface area contributed by atoms with Crippen molar-refractivity contribution in [3.63, 3.8) is 0 Å². The van der Waals surface area contributed by atoms with Gasteiger partial charge < -0.3 is 20.3 Å². The summed E-state index contributed by atoms with van der Waals surface area (Å²) in [5.74, 6) is 1.73. The first kappa shape index (κ1) is 34.7. The number of methoxy groups -OCH3 is 2. The van der Waals surface area contributed by atoms with Crippen LogP contribution < -0.4 is 15.2 Å². The molecule has 1 unspecified atom stereocenters. The second-order valence-corrected chi connectivity index (χ2v) is 16.3. The third kappa shape index (κ3) is 7.13. The Balaban J connectivity index is 2.56. The summed E-state index contributed by atoms with van der Waals surface area (Å²) in [6.45, 7) is 26.2. The van der Waals surface area contributed by atoms with E-state index in [9.17, 15) is 5.11 Å². The topological polar surface area (TPSA) is 64.7 Å². The quantitative estimate of drug-likeness (QED) is 0.290. The van der Waals surface area contributed by atoms with Crippen LogP contribution in [0.3, 0.4) is 0 Å². The van der Waals surface area contributed by atoms with E-state index in [1.54, 1.807) is 14.2 Å². The number of nitrogens with two attached hydrogens (primary N) is 1. The Hall–Kier alpha value is -2.82. The van der Waals surface area contributed by atoms with Crippen molar-refractivity contribution in [2.75, 3.05) is 14.2 Å². The number of rotatable bonds is 7. The Labute approximate surface area is 262 Å². The maximum absolute atomic E-state index is 13.4. The van der Waals surface area contributed by atoms with Crippen molar-refractivity contribution in [3.8, 4) is 11.5 Å². The monoisotopic (exact) mass is 587 g/mol. The average Bonchev–Trinajstić information content (AvgIpc) is 2.89. The molecule has 4 nitrogen and oxygen atoms in total. The zero-order valence-corrected chi connectivity index (χ0v) is 29.3. The summed E-state index contributed by atoms with van der Waals surface area (Å²) < 4.78 is 12.2. The number of aliphatic hydroxyl groups is 1. The molecular formula is C39H57NO3. The van der Waals surface area contributed by atoms with Crippen molar-refractivity contribution < 1.29 is 14.6 Å². The van der Waals surface area contributed by atoms with E-state index in [1.165, 1.54) is 0 Å². The van der Waals surface area contributed by atoms with Crippen molar-refractivity contribution in [2.45, 2.75) is 123 Å². The lowest BCUT2D eigenvalue weighted by molar-refractivity contribution is 0.0509. The predicted molar refractivity (Wildman–Crippen MR) is 182 cm³/mol. The summed E-state index contributed by atoms with van der Waals surface area (Å²) in [6, 6.07) is 18.0. The highest BCUT2D eigenvalue weighted by Crippen LogP contribution is 2.48. The zero-order valence-electron chi connectivity index (χ0n) is 29.3. The zero-order chi connectivity index (χ0) is 32.8. The van der Waals surface area contributed by atoms with Crippen molar-refractivity contribution in [1.82, 2.24) is 0 Å². The first-order valence-corrected chi connectivity index (χ1v) is 15.6. The Morgan fingerprint density at radius 2 is 0.884 bits per heavy atom. The van der Waals surface area contributed by atoms with Gasteiger partial charge in [0.05, 0.1) is 14.2 Å². The van der Waals surface area contributed by atoms with Gasteiger partial charge in [0.2, 0.25) is 0 Å². The van der Waals surface area contributed by atoms with Crippen LogP contribution >= 0.6 is 0 Å². The molecule has 0 saturated heterocycles. The number of benzene rings is 3. The van der Waals surface area contributed by atoms with Crippen molar-refractivity contribution >= 4 is 0 Å². The molecule has 0 radical (unpaired) electrons. The van der Waals surface area contributed by atoms with Crippen LogP contribution in [0.2, 0.25) is 0 Å². The van der Waals surface area contributed by atoms with Crippen LogP contribution in [0.1, 0.15) is 122 Å². The maximum Gasteiger partial charge on any atom is 0.130 e. The molecule has 0 bridgehead atoms. The van der Waals surface area contributed by atoms with Crippen LogP contribution in [0, 0.1) is 0 Å². The molecular weight excluding hydrogens is 530 g/mol. The van der Waals surface area contributed by atoms with E-state index < -0.39 is 11.6 Å². The molecule has 1 atom stereocenters. The molecule has 0 aliphatic rings. The van der Waals surface area contributed by atoms with E-state index >= 15 is 0 Å². The fourth-order valence-electron chi connectivity index (χ4n) is 5.98. The third-order valence-corrected chi connectivity index (χ3v) is 8.53. The number of hydrogen-bond donors (Lipinski definition) is 2. The molecule has 3 aromatic carbocycles. The summed E-state index contributed by atoms with van der Waals surface area (Å²) in [5, 5.41) is 13.4. The van der Waals surface area contributed by atoms with Crippen molar-refractivity contribution in [1.29, 1.82) is 0 Å². The Bertz CT molecular complexity index is 1260. The standard InChI is InChI=1S/C39H57NO3/c1-35(2,3)28-21-26(22-29(33(28)42-13)36(4,5)6)39(41,32(40)20-25-18-16-15-17-19-25)27-23-30(37(7,8)9)34(43-14)31(24-27)38(10,11)12/h15-19,21-24,32,41H,20,40H2,1-14H3. The van der Waals surface area contributed by atoms with E-state index in [2.05, 4.69) is 119 Å². The molecule has 0 spiro atoms. The fourth-order valence-corrected chi connectivity index (χ4v) is 5.98. The lowest BCUT2D eigenvalue weighted by atomic mass is 9.70. The predicted octanol–water partition coefficient (Wildman–Crippen LogP) is 8.70. The molecule has 0 heterocycles. The summed E-state index contributed by atoms with van der Waals surface area (Å²) in [5.41, 5.74) is 11.6. The largest absolute Gasteiger partial charge is 0.496 e.